The molecular formula is C19H18F2N4O2. The summed E-state index contributed by atoms with van der Waals surface area (Å²) in [7, 11) is 0. The standard InChI is InChI=1S/C19H18F2N4O2/c1-13-23-25(19(27)24(13)11-14-5-3-2-4-6-14)12-18(26)22-10-15-7-8-16(20)17(21)9-15/h2-9H,10-12H2,1H3,(H,22,26). The van der Waals surface area contributed by atoms with E-state index in [1.807, 2.05) is 30.3 Å². The van der Waals surface area contributed by atoms with Gasteiger partial charge in [0.05, 0.1) is 6.54 Å². The number of benzene rings is 2. The minimum Gasteiger partial charge on any atom is -0.350 e. The second kappa shape index (κ2) is 7.94. The average molecular weight is 372 g/mol. The summed E-state index contributed by atoms with van der Waals surface area (Å²) in [5.41, 5.74) is 0.977. The summed E-state index contributed by atoms with van der Waals surface area (Å²) in [4.78, 5) is 24.6. The van der Waals surface area contributed by atoms with E-state index in [4.69, 9.17) is 0 Å². The third-order valence-corrected chi connectivity index (χ3v) is 4.06. The molecular weight excluding hydrogens is 354 g/mol. The fourth-order valence-electron chi connectivity index (χ4n) is 2.64. The first kappa shape index (κ1) is 18.5. The van der Waals surface area contributed by atoms with Crippen LogP contribution in [0.5, 0.6) is 0 Å². The topological polar surface area (TPSA) is 68.9 Å². The number of aromatic nitrogens is 3. The summed E-state index contributed by atoms with van der Waals surface area (Å²) in [6.07, 6.45) is 0. The highest BCUT2D eigenvalue weighted by atomic mass is 19.2. The van der Waals surface area contributed by atoms with E-state index in [0.717, 1.165) is 22.4 Å². The highest BCUT2D eigenvalue weighted by Gasteiger charge is 2.13. The van der Waals surface area contributed by atoms with Crippen molar-refractivity contribution in [1.82, 2.24) is 19.7 Å². The number of carbonyl (C=O) groups is 1. The van der Waals surface area contributed by atoms with Crippen LogP contribution in [-0.4, -0.2) is 20.3 Å². The van der Waals surface area contributed by atoms with Crippen LogP contribution in [0.4, 0.5) is 8.78 Å². The third kappa shape index (κ3) is 4.46. The molecule has 0 bridgehead atoms. The van der Waals surface area contributed by atoms with Crippen LogP contribution in [-0.2, 0) is 24.4 Å². The summed E-state index contributed by atoms with van der Waals surface area (Å²) in [5.74, 6) is -1.88. The molecule has 1 N–H and O–H groups in total. The van der Waals surface area contributed by atoms with E-state index in [1.165, 1.54) is 10.6 Å². The van der Waals surface area contributed by atoms with Crippen molar-refractivity contribution in [1.29, 1.82) is 0 Å². The lowest BCUT2D eigenvalue weighted by Crippen LogP contribution is -2.33. The first-order valence-electron chi connectivity index (χ1n) is 8.33. The summed E-state index contributed by atoms with van der Waals surface area (Å²) in [5, 5.41) is 6.69. The maximum atomic E-state index is 13.2. The third-order valence-electron chi connectivity index (χ3n) is 4.06. The minimum absolute atomic E-state index is 0.0223. The van der Waals surface area contributed by atoms with Crippen LogP contribution in [0.3, 0.4) is 0 Å². The fourth-order valence-corrected chi connectivity index (χ4v) is 2.64. The number of carbonyl (C=O) groups excluding carboxylic acids is 1. The molecule has 27 heavy (non-hydrogen) atoms. The number of rotatable bonds is 6. The smallest absolute Gasteiger partial charge is 0.346 e. The normalized spacial score (nSPS) is 10.8. The van der Waals surface area contributed by atoms with Gasteiger partial charge in [0.15, 0.2) is 11.6 Å². The van der Waals surface area contributed by atoms with Crippen molar-refractivity contribution in [3.05, 3.63) is 87.6 Å². The lowest BCUT2D eigenvalue weighted by atomic mass is 10.2. The first-order valence-corrected chi connectivity index (χ1v) is 8.33. The monoisotopic (exact) mass is 372 g/mol. The van der Waals surface area contributed by atoms with E-state index in [-0.39, 0.29) is 18.8 Å². The van der Waals surface area contributed by atoms with E-state index in [0.29, 0.717) is 17.9 Å². The number of hydrogen-bond acceptors (Lipinski definition) is 3. The second-order valence-corrected chi connectivity index (χ2v) is 6.08. The zero-order valence-electron chi connectivity index (χ0n) is 14.7. The zero-order valence-corrected chi connectivity index (χ0v) is 14.7. The van der Waals surface area contributed by atoms with Gasteiger partial charge >= 0.3 is 5.69 Å². The summed E-state index contributed by atoms with van der Waals surface area (Å²) in [6, 6.07) is 12.8. The van der Waals surface area contributed by atoms with Crippen molar-refractivity contribution in [2.45, 2.75) is 26.6 Å². The van der Waals surface area contributed by atoms with Gasteiger partial charge in [0, 0.05) is 6.54 Å². The van der Waals surface area contributed by atoms with Crippen LogP contribution in [0.25, 0.3) is 0 Å². The minimum atomic E-state index is -0.978. The van der Waals surface area contributed by atoms with Gasteiger partial charge < -0.3 is 5.32 Å². The van der Waals surface area contributed by atoms with Gasteiger partial charge in [0.2, 0.25) is 5.91 Å². The lowest BCUT2D eigenvalue weighted by molar-refractivity contribution is -0.122. The number of hydrogen-bond donors (Lipinski definition) is 1. The molecule has 0 fully saturated rings. The number of nitrogens with zero attached hydrogens (tertiary/aromatic N) is 3. The predicted octanol–water partition coefficient (Wildman–Crippen LogP) is 2.00. The number of halogens is 2. The van der Waals surface area contributed by atoms with E-state index in [9.17, 15) is 18.4 Å². The molecule has 0 saturated carbocycles. The Morgan fingerprint density at radius 1 is 1.07 bits per heavy atom. The van der Waals surface area contributed by atoms with Gasteiger partial charge in [-0.3, -0.25) is 9.36 Å². The van der Waals surface area contributed by atoms with Gasteiger partial charge in [-0.25, -0.2) is 18.3 Å². The molecule has 0 aliphatic rings. The Kier molecular flexibility index (Phi) is 5.44. The van der Waals surface area contributed by atoms with Gasteiger partial charge in [0.25, 0.3) is 0 Å². The van der Waals surface area contributed by atoms with Crippen molar-refractivity contribution in [3.8, 4) is 0 Å². The second-order valence-electron chi connectivity index (χ2n) is 6.08. The quantitative estimate of drug-likeness (QED) is 0.720. The number of amides is 1. The van der Waals surface area contributed by atoms with E-state index in [2.05, 4.69) is 10.4 Å². The Bertz CT molecular complexity index is 1010. The van der Waals surface area contributed by atoms with Gasteiger partial charge in [-0.1, -0.05) is 36.4 Å². The van der Waals surface area contributed by atoms with Crippen LogP contribution < -0.4 is 11.0 Å². The largest absolute Gasteiger partial charge is 0.350 e. The Morgan fingerprint density at radius 2 is 1.81 bits per heavy atom. The molecule has 8 heteroatoms. The fraction of sp³-hybridized carbons (Fsp3) is 0.211. The predicted molar refractivity (Wildman–Crippen MR) is 95.0 cm³/mol. The molecule has 1 heterocycles. The highest BCUT2D eigenvalue weighted by molar-refractivity contribution is 5.75. The van der Waals surface area contributed by atoms with Crippen molar-refractivity contribution >= 4 is 5.91 Å². The maximum Gasteiger partial charge on any atom is 0.346 e. The van der Waals surface area contributed by atoms with Crippen LogP contribution in [0.2, 0.25) is 0 Å². The Labute approximate surface area is 154 Å². The van der Waals surface area contributed by atoms with Crippen LogP contribution >= 0.6 is 0 Å². The summed E-state index contributed by atoms with van der Waals surface area (Å²) in [6.45, 7) is 1.82. The zero-order chi connectivity index (χ0) is 19.4. The SMILES string of the molecule is Cc1nn(CC(=O)NCc2ccc(F)c(F)c2)c(=O)n1Cc1ccccc1. The Morgan fingerprint density at radius 3 is 2.52 bits per heavy atom. The van der Waals surface area contributed by atoms with E-state index >= 15 is 0 Å². The van der Waals surface area contributed by atoms with Crippen molar-refractivity contribution in [3.63, 3.8) is 0 Å². The molecule has 0 spiro atoms. The van der Waals surface area contributed by atoms with E-state index < -0.39 is 17.5 Å². The Hall–Kier alpha value is -3.29. The molecule has 0 unspecified atom stereocenters. The molecule has 140 valence electrons. The molecule has 3 rings (SSSR count). The van der Waals surface area contributed by atoms with Gasteiger partial charge in [0.1, 0.15) is 12.4 Å². The van der Waals surface area contributed by atoms with Crippen LogP contribution in [0.1, 0.15) is 17.0 Å². The van der Waals surface area contributed by atoms with E-state index in [1.54, 1.807) is 6.92 Å². The molecule has 0 saturated heterocycles. The molecule has 0 aliphatic carbocycles. The highest BCUT2D eigenvalue weighted by Crippen LogP contribution is 2.08. The van der Waals surface area contributed by atoms with Gasteiger partial charge in [-0.05, 0) is 30.2 Å². The van der Waals surface area contributed by atoms with Crippen LogP contribution in [0, 0.1) is 18.6 Å². The number of aryl methyl sites for hydroxylation is 1. The van der Waals surface area contributed by atoms with Gasteiger partial charge in [-0.15, -0.1) is 0 Å². The molecule has 1 aromatic heterocycles. The maximum absolute atomic E-state index is 13.2. The first-order chi connectivity index (χ1) is 12.9. The molecule has 0 atom stereocenters. The average Bonchev–Trinajstić information content (AvgIpc) is 2.91. The summed E-state index contributed by atoms with van der Waals surface area (Å²) >= 11 is 0. The van der Waals surface area contributed by atoms with Crippen molar-refractivity contribution < 1.29 is 13.6 Å². The summed E-state index contributed by atoms with van der Waals surface area (Å²) < 4.78 is 28.7. The lowest BCUT2D eigenvalue weighted by Gasteiger charge is -2.05. The van der Waals surface area contributed by atoms with Gasteiger partial charge in [-0.2, -0.15) is 5.10 Å². The molecule has 1 amide bonds. The van der Waals surface area contributed by atoms with Crippen LogP contribution in [0.15, 0.2) is 53.3 Å². The number of nitrogens with one attached hydrogen (secondary N) is 1. The van der Waals surface area contributed by atoms with Crippen molar-refractivity contribution in [2.75, 3.05) is 0 Å². The van der Waals surface area contributed by atoms with Crippen molar-refractivity contribution in [2.24, 2.45) is 0 Å². The Balaban J connectivity index is 1.65. The molecule has 0 aliphatic heterocycles. The molecule has 2 aromatic carbocycles. The molecule has 6 nitrogen and oxygen atoms in total. The molecule has 3 aromatic rings. The molecule has 0 radical (unpaired) electrons.